The van der Waals surface area contributed by atoms with E-state index < -0.39 is 4.92 Å². The van der Waals surface area contributed by atoms with Crippen molar-refractivity contribution in [3.63, 3.8) is 0 Å². The molecule has 0 aromatic heterocycles. The summed E-state index contributed by atoms with van der Waals surface area (Å²) in [5.74, 6) is -0.0138. The van der Waals surface area contributed by atoms with Crippen LogP contribution in [0.2, 0.25) is 0 Å². The molecule has 0 bridgehead atoms. The second-order valence-corrected chi connectivity index (χ2v) is 4.32. The van der Waals surface area contributed by atoms with Gasteiger partial charge in [0.25, 0.3) is 5.69 Å². The number of hydrogen-bond donors (Lipinski definition) is 2. The maximum Gasteiger partial charge on any atom is 0.273 e. The van der Waals surface area contributed by atoms with Gasteiger partial charge in [-0.05, 0) is 12.5 Å². The summed E-state index contributed by atoms with van der Waals surface area (Å²) in [4.78, 5) is 23.5. The minimum absolute atomic E-state index is 0.0138. The van der Waals surface area contributed by atoms with Gasteiger partial charge in [-0.2, -0.15) is 0 Å². The van der Waals surface area contributed by atoms with Gasteiger partial charge in [-0.3, -0.25) is 14.9 Å². The Morgan fingerprint density at radius 2 is 2.22 bits per heavy atom. The summed E-state index contributed by atoms with van der Waals surface area (Å²) in [7, 11) is 1.73. The molecule has 2 rings (SSSR count). The molecule has 1 saturated heterocycles. The molecule has 0 saturated carbocycles. The Balaban J connectivity index is 2.19. The fourth-order valence-corrected chi connectivity index (χ4v) is 1.98. The van der Waals surface area contributed by atoms with Gasteiger partial charge in [-0.15, -0.1) is 0 Å². The summed E-state index contributed by atoms with van der Waals surface area (Å²) in [5.41, 5.74) is 6.30. The number of nitrogens with two attached hydrogens (primary N) is 1. The number of carbonyl (C=O) groups is 1. The molecular weight excluding hydrogens is 236 g/mol. The van der Waals surface area contributed by atoms with Crippen LogP contribution in [-0.4, -0.2) is 35.4 Å². The van der Waals surface area contributed by atoms with Crippen molar-refractivity contribution in [2.75, 3.05) is 24.6 Å². The molecule has 1 unspecified atom stereocenters. The van der Waals surface area contributed by atoms with Crippen molar-refractivity contribution in [1.29, 1.82) is 0 Å². The van der Waals surface area contributed by atoms with Crippen LogP contribution in [0.3, 0.4) is 0 Å². The Labute approximate surface area is 104 Å². The maximum atomic E-state index is 11.7. The molecular formula is C11H14N4O3. The van der Waals surface area contributed by atoms with E-state index in [-0.39, 0.29) is 17.6 Å². The van der Waals surface area contributed by atoms with E-state index in [4.69, 9.17) is 5.73 Å². The highest BCUT2D eigenvalue weighted by Gasteiger charge is 2.29. The van der Waals surface area contributed by atoms with Gasteiger partial charge in [0.1, 0.15) is 6.04 Å². The van der Waals surface area contributed by atoms with Crippen molar-refractivity contribution in [2.24, 2.45) is 0 Å². The highest BCUT2D eigenvalue weighted by molar-refractivity contribution is 5.86. The lowest BCUT2D eigenvalue weighted by Gasteiger charge is -2.13. The third kappa shape index (κ3) is 2.34. The highest BCUT2D eigenvalue weighted by Crippen LogP contribution is 2.24. The van der Waals surface area contributed by atoms with Crippen LogP contribution in [0.1, 0.15) is 6.42 Å². The van der Waals surface area contributed by atoms with Crippen LogP contribution in [0.25, 0.3) is 0 Å². The summed E-state index contributed by atoms with van der Waals surface area (Å²) in [5, 5.41) is 13.7. The number of likely N-dealkylation sites (N-methyl/N-ethyl adjacent to an activating group) is 1. The van der Waals surface area contributed by atoms with E-state index in [1.165, 1.54) is 12.1 Å². The molecule has 1 aliphatic rings. The second-order valence-electron chi connectivity index (χ2n) is 4.32. The Morgan fingerprint density at radius 1 is 1.50 bits per heavy atom. The molecule has 1 heterocycles. The number of nitrogen functional groups attached to an aromatic ring is 1. The number of anilines is 2. The number of amides is 1. The Bertz CT molecular complexity index is 503. The number of nitrogens with one attached hydrogen (secondary N) is 1. The van der Waals surface area contributed by atoms with Crippen LogP contribution in [0.15, 0.2) is 18.2 Å². The number of nitro groups is 1. The van der Waals surface area contributed by atoms with Crippen molar-refractivity contribution >= 4 is 23.0 Å². The van der Waals surface area contributed by atoms with Gasteiger partial charge in [0.15, 0.2) is 0 Å². The maximum absolute atomic E-state index is 11.7. The molecule has 1 aliphatic heterocycles. The first-order valence-electron chi connectivity index (χ1n) is 5.54. The average Bonchev–Trinajstić information content (AvgIpc) is 2.60. The SMILES string of the molecule is CN1CCC(Nc2cc(N)cc([N+](=O)[O-])c2)C1=O. The van der Waals surface area contributed by atoms with Crippen molar-refractivity contribution in [3.8, 4) is 0 Å². The number of carbonyl (C=O) groups excluding carboxylic acids is 1. The number of nitrogens with zero attached hydrogens (tertiary/aromatic N) is 2. The number of hydrogen-bond acceptors (Lipinski definition) is 5. The van der Waals surface area contributed by atoms with E-state index in [0.29, 0.717) is 24.3 Å². The van der Waals surface area contributed by atoms with Gasteiger partial charge in [0.05, 0.1) is 4.92 Å². The lowest BCUT2D eigenvalue weighted by atomic mass is 10.2. The van der Waals surface area contributed by atoms with E-state index in [2.05, 4.69) is 5.32 Å². The molecule has 3 N–H and O–H groups in total. The summed E-state index contributed by atoms with van der Waals surface area (Å²) < 4.78 is 0. The fourth-order valence-electron chi connectivity index (χ4n) is 1.98. The summed E-state index contributed by atoms with van der Waals surface area (Å²) in [6.07, 6.45) is 0.679. The van der Waals surface area contributed by atoms with E-state index in [1.807, 2.05) is 0 Å². The molecule has 1 amide bonds. The van der Waals surface area contributed by atoms with Crippen LogP contribution in [0.5, 0.6) is 0 Å². The van der Waals surface area contributed by atoms with E-state index in [1.54, 1.807) is 18.0 Å². The molecule has 1 aromatic carbocycles. The molecule has 0 radical (unpaired) electrons. The zero-order valence-corrected chi connectivity index (χ0v) is 9.92. The van der Waals surface area contributed by atoms with Crippen LogP contribution in [0, 0.1) is 10.1 Å². The molecule has 1 atom stereocenters. The minimum Gasteiger partial charge on any atom is -0.398 e. The average molecular weight is 250 g/mol. The van der Waals surface area contributed by atoms with Crippen LogP contribution in [0.4, 0.5) is 17.1 Å². The molecule has 7 heteroatoms. The van der Waals surface area contributed by atoms with Crippen molar-refractivity contribution < 1.29 is 9.72 Å². The number of nitro benzene ring substituents is 1. The number of likely N-dealkylation sites (tertiary alicyclic amines) is 1. The molecule has 0 spiro atoms. The zero-order chi connectivity index (χ0) is 13.3. The van der Waals surface area contributed by atoms with Crippen LogP contribution < -0.4 is 11.1 Å². The van der Waals surface area contributed by atoms with Crippen LogP contribution >= 0.6 is 0 Å². The number of rotatable bonds is 3. The topological polar surface area (TPSA) is 102 Å². The Hall–Kier alpha value is -2.31. The summed E-state index contributed by atoms with van der Waals surface area (Å²) in [6.45, 7) is 0.681. The molecule has 7 nitrogen and oxygen atoms in total. The van der Waals surface area contributed by atoms with E-state index >= 15 is 0 Å². The molecule has 18 heavy (non-hydrogen) atoms. The van der Waals surface area contributed by atoms with Gasteiger partial charge < -0.3 is 16.0 Å². The molecule has 1 fully saturated rings. The molecule has 0 aliphatic carbocycles. The van der Waals surface area contributed by atoms with Gasteiger partial charge in [0.2, 0.25) is 5.91 Å². The quantitative estimate of drug-likeness (QED) is 0.470. The van der Waals surface area contributed by atoms with Crippen molar-refractivity contribution in [3.05, 3.63) is 28.3 Å². The summed E-state index contributed by atoms with van der Waals surface area (Å²) >= 11 is 0. The van der Waals surface area contributed by atoms with Crippen molar-refractivity contribution in [2.45, 2.75) is 12.5 Å². The third-order valence-corrected chi connectivity index (χ3v) is 2.92. The second kappa shape index (κ2) is 4.52. The largest absolute Gasteiger partial charge is 0.398 e. The molecule has 1 aromatic rings. The lowest BCUT2D eigenvalue weighted by Crippen LogP contribution is -2.30. The Kier molecular flexibility index (Phi) is 3.05. The third-order valence-electron chi connectivity index (χ3n) is 2.92. The van der Waals surface area contributed by atoms with E-state index in [0.717, 1.165) is 0 Å². The molecule has 96 valence electrons. The monoisotopic (exact) mass is 250 g/mol. The first-order chi connectivity index (χ1) is 8.47. The van der Waals surface area contributed by atoms with Crippen LogP contribution in [-0.2, 0) is 4.79 Å². The minimum atomic E-state index is -0.510. The Morgan fingerprint density at radius 3 is 2.78 bits per heavy atom. The van der Waals surface area contributed by atoms with Gasteiger partial charge in [0, 0.05) is 37.1 Å². The lowest BCUT2D eigenvalue weighted by molar-refractivity contribution is -0.384. The number of non-ortho nitro benzene ring substituents is 1. The van der Waals surface area contributed by atoms with Gasteiger partial charge in [-0.1, -0.05) is 0 Å². The normalized spacial score (nSPS) is 19.1. The zero-order valence-electron chi connectivity index (χ0n) is 9.92. The van der Waals surface area contributed by atoms with Gasteiger partial charge in [-0.25, -0.2) is 0 Å². The first-order valence-corrected chi connectivity index (χ1v) is 5.54. The standard InChI is InChI=1S/C11H14N4O3/c1-14-3-2-10(11(14)16)13-8-4-7(12)5-9(6-8)15(17)18/h4-6,10,13H,2-3,12H2,1H3. The predicted octanol–water partition coefficient (Wildman–Crippen LogP) is 0.820. The fraction of sp³-hybridized carbons (Fsp3) is 0.364. The van der Waals surface area contributed by atoms with Gasteiger partial charge >= 0.3 is 0 Å². The number of benzene rings is 1. The summed E-state index contributed by atoms with van der Waals surface area (Å²) in [6, 6.07) is 3.91. The van der Waals surface area contributed by atoms with E-state index in [9.17, 15) is 14.9 Å². The first kappa shape index (κ1) is 12.2. The predicted molar refractivity (Wildman–Crippen MR) is 67.2 cm³/mol. The smallest absolute Gasteiger partial charge is 0.273 e. The highest BCUT2D eigenvalue weighted by atomic mass is 16.6. The van der Waals surface area contributed by atoms with Crippen molar-refractivity contribution in [1.82, 2.24) is 4.90 Å².